The molecule has 0 bridgehead atoms. The first-order valence-corrected chi connectivity index (χ1v) is 7.32. The summed E-state index contributed by atoms with van der Waals surface area (Å²) in [4.78, 5) is 23.3. The number of ether oxygens (including phenoxy) is 3. The van der Waals surface area contributed by atoms with Crippen molar-refractivity contribution in [2.75, 3.05) is 13.2 Å². The molecule has 0 aromatic rings. The number of hydrogen-bond acceptors (Lipinski definition) is 5. The third-order valence-corrected chi connectivity index (χ3v) is 3.42. The van der Waals surface area contributed by atoms with Crippen LogP contribution in [0, 0.1) is 0 Å². The average molecular weight is 300 g/mol. The molecule has 7 heteroatoms. The third-order valence-electron chi connectivity index (χ3n) is 3.42. The van der Waals surface area contributed by atoms with Crippen LogP contribution in [0.3, 0.4) is 0 Å². The molecule has 7 nitrogen and oxygen atoms in total. The minimum atomic E-state index is -0.545. The zero-order chi connectivity index (χ0) is 15.6. The predicted octanol–water partition coefficient (Wildman–Crippen LogP) is 0.572. The van der Waals surface area contributed by atoms with Crippen LogP contribution in [0.2, 0.25) is 0 Å². The van der Waals surface area contributed by atoms with Crippen LogP contribution in [-0.4, -0.2) is 55.1 Å². The molecule has 2 aliphatic rings. The lowest BCUT2D eigenvalue weighted by atomic mass is 10.1. The third kappa shape index (κ3) is 4.07. The smallest absolute Gasteiger partial charge is 0.408 e. The maximum Gasteiger partial charge on any atom is 0.408 e. The Bertz CT molecular complexity index is 407. The molecule has 4 atom stereocenters. The molecule has 0 aromatic carbocycles. The van der Waals surface area contributed by atoms with Crippen molar-refractivity contribution in [3.8, 4) is 0 Å². The van der Waals surface area contributed by atoms with Crippen LogP contribution in [0.4, 0.5) is 4.79 Å². The number of nitrogens with one attached hydrogen (secondary N) is 2. The summed E-state index contributed by atoms with van der Waals surface area (Å²) < 4.78 is 16.6. The first-order chi connectivity index (χ1) is 9.80. The van der Waals surface area contributed by atoms with E-state index < -0.39 is 11.7 Å². The summed E-state index contributed by atoms with van der Waals surface area (Å²) in [6.07, 6.45) is -0.533. The Balaban J connectivity index is 1.87. The lowest BCUT2D eigenvalue weighted by Gasteiger charge is -2.23. The Hall–Kier alpha value is -1.34. The van der Waals surface area contributed by atoms with Gasteiger partial charge in [0.1, 0.15) is 17.8 Å². The van der Waals surface area contributed by atoms with E-state index in [-0.39, 0.29) is 30.2 Å². The molecule has 2 aliphatic heterocycles. The van der Waals surface area contributed by atoms with Gasteiger partial charge in [0, 0.05) is 6.42 Å². The highest BCUT2D eigenvalue weighted by Gasteiger charge is 2.48. The second kappa shape index (κ2) is 6.19. The normalized spacial score (nSPS) is 31.6. The maximum atomic E-state index is 11.8. The molecular formula is C14H24N2O5. The van der Waals surface area contributed by atoms with Gasteiger partial charge in [0.15, 0.2) is 0 Å². The van der Waals surface area contributed by atoms with Gasteiger partial charge in [-0.1, -0.05) is 6.92 Å². The largest absolute Gasteiger partial charge is 0.444 e. The Labute approximate surface area is 124 Å². The Morgan fingerprint density at radius 3 is 2.10 bits per heavy atom. The van der Waals surface area contributed by atoms with Crippen LogP contribution < -0.4 is 10.6 Å². The van der Waals surface area contributed by atoms with Gasteiger partial charge in [-0.3, -0.25) is 4.79 Å². The highest BCUT2D eigenvalue weighted by Crippen LogP contribution is 2.27. The minimum Gasteiger partial charge on any atom is -0.444 e. The molecule has 2 heterocycles. The number of carbonyl (C=O) groups is 2. The molecule has 120 valence electrons. The topological polar surface area (TPSA) is 85.9 Å². The molecule has 0 saturated carbocycles. The Morgan fingerprint density at radius 1 is 1.10 bits per heavy atom. The molecule has 0 spiro atoms. The summed E-state index contributed by atoms with van der Waals surface area (Å²) in [7, 11) is 0. The zero-order valence-corrected chi connectivity index (χ0v) is 13.0. The fourth-order valence-corrected chi connectivity index (χ4v) is 2.51. The van der Waals surface area contributed by atoms with Gasteiger partial charge in [-0.2, -0.15) is 0 Å². The van der Waals surface area contributed by atoms with E-state index in [4.69, 9.17) is 14.2 Å². The highest BCUT2D eigenvalue weighted by molar-refractivity contribution is 5.76. The summed E-state index contributed by atoms with van der Waals surface area (Å²) in [5, 5.41) is 5.65. The number of amides is 2. The second-order valence-corrected chi connectivity index (χ2v) is 6.38. The summed E-state index contributed by atoms with van der Waals surface area (Å²) >= 11 is 0. The molecule has 1 unspecified atom stereocenters. The minimum absolute atomic E-state index is 0.0311. The van der Waals surface area contributed by atoms with Crippen molar-refractivity contribution in [2.24, 2.45) is 0 Å². The van der Waals surface area contributed by atoms with E-state index in [0.717, 1.165) is 0 Å². The number of hydrogen-bond donors (Lipinski definition) is 2. The maximum absolute atomic E-state index is 11.8. The summed E-state index contributed by atoms with van der Waals surface area (Å²) in [6.45, 7) is 7.97. The van der Waals surface area contributed by atoms with Crippen molar-refractivity contribution in [2.45, 2.75) is 64.0 Å². The van der Waals surface area contributed by atoms with Gasteiger partial charge in [-0.25, -0.2) is 4.79 Å². The van der Waals surface area contributed by atoms with Gasteiger partial charge in [0.05, 0.1) is 25.3 Å². The van der Waals surface area contributed by atoms with E-state index in [2.05, 4.69) is 10.6 Å². The Morgan fingerprint density at radius 2 is 1.62 bits per heavy atom. The second-order valence-electron chi connectivity index (χ2n) is 6.38. The Kier molecular flexibility index (Phi) is 4.73. The molecule has 0 aliphatic carbocycles. The van der Waals surface area contributed by atoms with E-state index in [1.807, 2.05) is 20.8 Å². The molecule has 2 N–H and O–H groups in total. The predicted molar refractivity (Wildman–Crippen MR) is 74.9 cm³/mol. The number of rotatable bonds is 3. The summed E-state index contributed by atoms with van der Waals surface area (Å²) in [6, 6.07) is -0.415. The molecule has 2 fully saturated rings. The molecule has 2 amide bonds. The fourth-order valence-electron chi connectivity index (χ4n) is 2.51. The van der Waals surface area contributed by atoms with Crippen LogP contribution in [0.25, 0.3) is 0 Å². The van der Waals surface area contributed by atoms with Crippen molar-refractivity contribution in [3.63, 3.8) is 0 Å². The lowest BCUT2D eigenvalue weighted by molar-refractivity contribution is -0.122. The van der Waals surface area contributed by atoms with Gasteiger partial charge >= 0.3 is 6.09 Å². The number of carbonyl (C=O) groups excluding carboxylic acids is 2. The van der Waals surface area contributed by atoms with Crippen molar-refractivity contribution in [1.82, 2.24) is 10.6 Å². The summed E-state index contributed by atoms with van der Waals surface area (Å²) in [5.74, 6) is -0.0311. The molecule has 2 saturated heterocycles. The van der Waals surface area contributed by atoms with Crippen molar-refractivity contribution < 1.29 is 23.8 Å². The standard InChI is InChI=1S/C14H24N2O5/c1-5-10(17)15-8-6-19-12-9(7-20-11(8)12)16-13(18)21-14(2,3)4/h8-9,11-12H,5-7H2,1-4H3,(H,15,17)(H,16,18)/t8-,9-,11+,12?/m0/s1. The van der Waals surface area contributed by atoms with E-state index in [1.165, 1.54) is 0 Å². The molecule has 21 heavy (non-hydrogen) atoms. The van der Waals surface area contributed by atoms with Gasteiger partial charge in [0.2, 0.25) is 5.91 Å². The van der Waals surface area contributed by atoms with Crippen molar-refractivity contribution in [1.29, 1.82) is 0 Å². The highest BCUT2D eigenvalue weighted by atomic mass is 16.6. The summed E-state index contributed by atoms with van der Waals surface area (Å²) in [5.41, 5.74) is -0.545. The molecular weight excluding hydrogens is 276 g/mol. The number of fused-ring (bicyclic) bond motifs is 1. The van der Waals surface area contributed by atoms with Crippen LogP contribution in [-0.2, 0) is 19.0 Å². The van der Waals surface area contributed by atoms with Crippen LogP contribution >= 0.6 is 0 Å². The molecule has 0 aromatic heterocycles. The fraction of sp³-hybridized carbons (Fsp3) is 0.857. The first-order valence-electron chi connectivity index (χ1n) is 7.32. The SMILES string of the molecule is CCC(=O)N[C@H]1COC2[C@@H](NC(=O)OC(C)(C)C)CO[C@@H]21. The van der Waals surface area contributed by atoms with E-state index in [0.29, 0.717) is 19.6 Å². The van der Waals surface area contributed by atoms with Crippen LogP contribution in [0.1, 0.15) is 34.1 Å². The quantitative estimate of drug-likeness (QED) is 0.796. The zero-order valence-electron chi connectivity index (χ0n) is 13.0. The van der Waals surface area contributed by atoms with Crippen molar-refractivity contribution >= 4 is 12.0 Å². The molecule has 0 radical (unpaired) electrons. The van der Waals surface area contributed by atoms with Crippen LogP contribution in [0.5, 0.6) is 0 Å². The van der Waals surface area contributed by atoms with Gasteiger partial charge in [-0.15, -0.1) is 0 Å². The van der Waals surface area contributed by atoms with Crippen LogP contribution in [0.15, 0.2) is 0 Å². The average Bonchev–Trinajstić information content (AvgIpc) is 2.91. The van der Waals surface area contributed by atoms with E-state index in [9.17, 15) is 9.59 Å². The lowest BCUT2D eigenvalue weighted by Crippen LogP contribution is -2.47. The van der Waals surface area contributed by atoms with E-state index >= 15 is 0 Å². The monoisotopic (exact) mass is 300 g/mol. The first kappa shape index (κ1) is 16.0. The number of alkyl carbamates (subject to hydrolysis) is 1. The van der Waals surface area contributed by atoms with Gasteiger partial charge in [-0.05, 0) is 20.8 Å². The molecule has 2 rings (SSSR count). The van der Waals surface area contributed by atoms with Gasteiger partial charge in [0.25, 0.3) is 0 Å². The van der Waals surface area contributed by atoms with Crippen molar-refractivity contribution in [3.05, 3.63) is 0 Å². The van der Waals surface area contributed by atoms with E-state index in [1.54, 1.807) is 6.92 Å². The van der Waals surface area contributed by atoms with Gasteiger partial charge < -0.3 is 24.8 Å².